The van der Waals surface area contributed by atoms with Crippen LogP contribution >= 0.6 is 0 Å². The highest BCUT2D eigenvalue weighted by molar-refractivity contribution is 6.37. The van der Waals surface area contributed by atoms with Crippen molar-refractivity contribution in [3.8, 4) is 0 Å². The molecule has 0 aromatic carbocycles. The SMILES string of the molecule is COC[SiH2]C1CC2C=CC1C2. The van der Waals surface area contributed by atoms with Crippen molar-refractivity contribution >= 4 is 9.52 Å². The van der Waals surface area contributed by atoms with Gasteiger partial charge in [-0.25, -0.2) is 0 Å². The second-order valence-electron chi connectivity index (χ2n) is 3.82. The highest BCUT2D eigenvalue weighted by atomic mass is 28.2. The molecular formula is C9H16OSi. The molecule has 2 aliphatic carbocycles. The van der Waals surface area contributed by atoms with E-state index in [1.165, 1.54) is 12.8 Å². The molecule has 11 heavy (non-hydrogen) atoms. The summed E-state index contributed by atoms with van der Waals surface area (Å²) in [6, 6.07) is 0. The van der Waals surface area contributed by atoms with Crippen LogP contribution in [0.1, 0.15) is 12.8 Å². The molecule has 0 N–H and O–H groups in total. The topological polar surface area (TPSA) is 9.23 Å². The fourth-order valence-electron chi connectivity index (χ4n) is 2.50. The maximum absolute atomic E-state index is 5.15. The van der Waals surface area contributed by atoms with Crippen LogP contribution in [0.2, 0.25) is 5.54 Å². The highest BCUT2D eigenvalue weighted by Gasteiger charge is 2.34. The summed E-state index contributed by atoms with van der Waals surface area (Å²) < 4.78 is 5.15. The van der Waals surface area contributed by atoms with Gasteiger partial charge in [-0.2, -0.15) is 0 Å². The smallest absolute Gasteiger partial charge is 0.0553 e. The van der Waals surface area contributed by atoms with Crippen molar-refractivity contribution < 1.29 is 4.74 Å². The number of methoxy groups -OCH3 is 1. The normalized spacial score (nSPS) is 41.4. The Morgan fingerprint density at radius 3 is 2.91 bits per heavy atom. The Morgan fingerprint density at radius 1 is 1.45 bits per heavy atom. The predicted octanol–water partition coefficient (Wildman–Crippen LogP) is 1.14. The van der Waals surface area contributed by atoms with Crippen LogP contribution in [0.4, 0.5) is 0 Å². The number of rotatable bonds is 3. The van der Waals surface area contributed by atoms with Crippen molar-refractivity contribution in [2.45, 2.75) is 18.4 Å². The zero-order valence-electron chi connectivity index (χ0n) is 7.12. The lowest BCUT2D eigenvalue weighted by Crippen LogP contribution is -2.13. The first-order valence-electron chi connectivity index (χ1n) is 4.57. The molecule has 62 valence electrons. The molecule has 0 heterocycles. The van der Waals surface area contributed by atoms with E-state index in [9.17, 15) is 0 Å². The van der Waals surface area contributed by atoms with Gasteiger partial charge in [0.25, 0.3) is 0 Å². The van der Waals surface area contributed by atoms with Gasteiger partial charge in [-0.1, -0.05) is 12.2 Å². The van der Waals surface area contributed by atoms with Crippen molar-refractivity contribution in [3.63, 3.8) is 0 Å². The van der Waals surface area contributed by atoms with Crippen molar-refractivity contribution in [3.05, 3.63) is 12.2 Å². The summed E-state index contributed by atoms with van der Waals surface area (Å²) in [7, 11) is 1.92. The molecular weight excluding hydrogens is 152 g/mol. The van der Waals surface area contributed by atoms with Gasteiger partial charge in [-0.15, -0.1) is 0 Å². The van der Waals surface area contributed by atoms with E-state index in [1.807, 2.05) is 7.11 Å². The van der Waals surface area contributed by atoms with Gasteiger partial charge in [0.15, 0.2) is 0 Å². The van der Waals surface area contributed by atoms with Crippen molar-refractivity contribution in [2.24, 2.45) is 11.8 Å². The second kappa shape index (κ2) is 3.11. The average molecular weight is 168 g/mol. The predicted molar refractivity (Wildman–Crippen MR) is 49.5 cm³/mol. The summed E-state index contributed by atoms with van der Waals surface area (Å²) in [6.07, 6.45) is 8.89. The van der Waals surface area contributed by atoms with Crippen LogP contribution in [-0.4, -0.2) is 22.9 Å². The number of allylic oxidation sites excluding steroid dienone is 2. The summed E-state index contributed by atoms with van der Waals surface area (Å²) in [5.74, 6) is 1.91. The Hall–Kier alpha value is -0.0831. The van der Waals surface area contributed by atoms with Gasteiger partial charge in [0.2, 0.25) is 0 Å². The first-order chi connectivity index (χ1) is 5.40. The third-order valence-electron chi connectivity index (χ3n) is 3.11. The molecule has 0 aromatic rings. The molecule has 2 aliphatic rings. The molecule has 0 aliphatic heterocycles. The Morgan fingerprint density at radius 2 is 2.36 bits per heavy atom. The fraction of sp³-hybridized carbons (Fsp3) is 0.778. The molecule has 0 radical (unpaired) electrons. The van der Waals surface area contributed by atoms with Gasteiger partial charge in [0, 0.05) is 13.3 Å². The third kappa shape index (κ3) is 1.42. The Labute approximate surface area is 70.6 Å². The van der Waals surface area contributed by atoms with E-state index in [-0.39, 0.29) is 9.52 Å². The van der Waals surface area contributed by atoms with Gasteiger partial charge in [0.05, 0.1) is 9.52 Å². The van der Waals surface area contributed by atoms with Crippen molar-refractivity contribution in [1.82, 2.24) is 0 Å². The van der Waals surface area contributed by atoms with Crippen LogP contribution in [0.25, 0.3) is 0 Å². The number of ether oxygens (including phenoxy) is 1. The minimum atomic E-state index is 0.0862. The van der Waals surface area contributed by atoms with Crippen LogP contribution in [0.15, 0.2) is 12.2 Å². The second-order valence-corrected chi connectivity index (χ2v) is 5.86. The summed E-state index contributed by atoms with van der Waals surface area (Å²) in [5.41, 5.74) is 1.07. The van der Waals surface area contributed by atoms with Crippen LogP contribution in [-0.2, 0) is 4.74 Å². The van der Waals surface area contributed by atoms with E-state index in [1.54, 1.807) is 0 Å². The minimum absolute atomic E-state index is 0.0862. The summed E-state index contributed by atoms with van der Waals surface area (Å²) in [5, 5.41) is 0. The molecule has 1 nitrogen and oxygen atoms in total. The molecule has 0 spiro atoms. The van der Waals surface area contributed by atoms with Crippen LogP contribution in [0.3, 0.4) is 0 Å². The average Bonchev–Trinajstić information content (AvgIpc) is 2.60. The van der Waals surface area contributed by atoms with Gasteiger partial charge in [-0.05, 0) is 30.2 Å². The maximum Gasteiger partial charge on any atom is 0.0553 e. The number of fused-ring (bicyclic) bond motifs is 2. The van der Waals surface area contributed by atoms with E-state index >= 15 is 0 Å². The van der Waals surface area contributed by atoms with Crippen LogP contribution in [0, 0.1) is 11.8 Å². The molecule has 2 rings (SSSR count). The molecule has 2 heteroatoms. The summed E-state index contributed by atoms with van der Waals surface area (Å²) in [4.78, 5) is 0. The molecule has 0 amide bonds. The lowest BCUT2D eigenvalue weighted by atomic mass is 10.1. The maximum atomic E-state index is 5.15. The van der Waals surface area contributed by atoms with E-state index in [0.717, 1.165) is 23.6 Å². The Bertz CT molecular complexity index is 167. The van der Waals surface area contributed by atoms with E-state index in [4.69, 9.17) is 4.74 Å². The van der Waals surface area contributed by atoms with Crippen molar-refractivity contribution in [2.75, 3.05) is 13.3 Å². The van der Waals surface area contributed by atoms with Crippen LogP contribution in [0.5, 0.6) is 0 Å². The van der Waals surface area contributed by atoms with E-state index in [0.29, 0.717) is 0 Å². The van der Waals surface area contributed by atoms with Gasteiger partial charge < -0.3 is 4.74 Å². The number of hydrogen-bond donors (Lipinski definition) is 0. The van der Waals surface area contributed by atoms with E-state index in [2.05, 4.69) is 12.2 Å². The minimum Gasteiger partial charge on any atom is -0.389 e. The van der Waals surface area contributed by atoms with E-state index < -0.39 is 0 Å². The molecule has 0 aromatic heterocycles. The molecule has 2 bridgehead atoms. The lowest BCUT2D eigenvalue weighted by molar-refractivity contribution is 0.250. The Balaban J connectivity index is 1.84. The zero-order chi connectivity index (χ0) is 7.68. The fourth-order valence-corrected chi connectivity index (χ4v) is 4.48. The molecule has 0 saturated heterocycles. The summed E-state index contributed by atoms with van der Waals surface area (Å²) in [6.45, 7) is 0. The zero-order valence-corrected chi connectivity index (χ0v) is 8.54. The molecule has 1 saturated carbocycles. The third-order valence-corrected chi connectivity index (χ3v) is 5.43. The Kier molecular flexibility index (Phi) is 2.14. The van der Waals surface area contributed by atoms with Crippen molar-refractivity contribution in [1.29, 1.82) is 0 Å². The van der Waals surface area contributed by atoms with Gasteiger partial charge in [-0.3, -0.25) is 0 Å². The largest absolute Gasteiger partial charge is 0.389 e. The quantitative estimate of drug-likeness (QED) is 0.454. The van der Waals surface area contributed by atoms with Gasteiger partial charge >= 0.3 is 0 Å². The first-order valence-corrected chi connectivity index (χ1v) is 6.39. The van der Waals surface area contributed by atoms with Gasteiger partial charge in [0.1, 0.15) is 0 Å². The molecule has 3 atom stereocenters. The summed E-state index contributed by atoms with van der Waals surface area (Å²) >= 11 is 0. The highest BCUT2D eigenvalue weighted by Crippen LogP contribution is 2.46. The molecule has 1 fully saturated rings. The van der Waals surface area contributed by atoms with Crippen LogP contribution < -0.4 is 0 Å². The monoisotopic (exact) mass is 168 g/mol. The number of hydrogen-bond acceptors (Lipinski definition) is 1. The molecule has 3 unspecified atom stereocenters. The standard InChI is InChI=1S/C9H16OSi/c1-10-6-11-9-5-7-2-3-8(9)4-7/h2-3,7-9H,4-6,11H2,1H3. The lowest BCUT2D eigenvalue weighted by Gasteiger charge is -2.16. The first kappa shape index (κ1) is 7.56.